The number of amides is 1. The number of nitrogens with zero attached hydrogens (tertiary/aromatic N) is 3. The van der Waals surface area contributed by atoms with Crippen LogP contribution in [-0.4, -0.2) is 27.0 Å². The number of rotatable bonds is 3. The number of phenols is 1. The second-order valence-electron chi connectivity index (χ2n) is 6.90. The van der Waals surface area contributed by atoms with Gasteiger partial charge < -0.3 is 15.3 Å². The van der Waals surface area contributed by atoms with Crippen LogP contribution in [0.25, 0.3) is 0 Å². The Morgan fingerprint density at radius 1 is 1.00 bits per heavy atom. The number of aromatic nitrogens is 2. The van der Waals surface area contributed by atoms with Gasteiger partial charge in [0.2, 0.25) is 0 Å². The minimum atomic E-state index is -0.186. The molecule has 5 rings (SSSR count). The largest absolute Gasteiger partial charge is 0.508 e. The summed E-state index contributed by atoms with van der Waals surface area (Å²) >= 11 is 0. The fraction of sp³-hybridized carbons (Fsp3) is 0.190. The van der Waals surface area contributed by atoms with Gasteiger partial charge in [0.25, 0.3) is 5.91 Å². The van der Waals surface area contributed by atoms with Crippen molar-refractivity contribution in [3.05, 3.63) is 71.5 Å². The van der Waals surface area contributed by atoms with Crippen molar-refractivity contribution in [1.82, 2.24) is 9.97 Å². The number of phenolic OH excluding ortho intramolecular Hbond substituents is 1. The molecule has 1 amide bonds. The van der Waals surface area contributed by atoms with E-state index in [0.717, 1.165) is 29.8 Å². The van der Waals surface area contributed by atoms with E-state index in [1.165, 1.54) is 0 Å². The van der Waals surface area contributed by atoms with Crippen LogP contribution in [0.4, 0.5) is 17.3 Å². The number of carbonyl (C=O) groups excluding carboxylic acids is 1. The van der Waals surface area contributed by atoms with Crippen LogP contribution >= 0.6 is 0 Å². The molecule has 1 saturated carbocycles. The van der Waals surface area contributed by atoms with Gasteiger partial charge in [-0.1, -0.05) is 18.2 Å². The van der Waals surface area contributed by atoms with E-state index >= 15 is 0 Å². The van der Waals surface area contributed by atoms with Crippen molar-refractivity contribution in [3.8, 4) is 5.75 Å². The van der Waals surface area contributed by atoms with E-state index in [-0.39, 0.29) is 11.7 Å². The van der Waals surface area contributed by atoms with Gasteiger partial charge in [0.15, 0.2) is 5.82 Å². The van der Waals surface area contributed by atoms with Crippen molar-refractivity contribution >= 4 is 23.2 Å². The minimum absolute atomic E-state index is 0.186. The number of carbonyl (C=O) groups is 1. The number of aromatic hydroxyl groups is 1. The Labute approximate surface area is 156 Å². The molecule has 1 aromatic carbocycles. The van der Waals surface area contributed by atoms with Crippen molar-refractivity contribution in [1.29, 1.82) is 0 Å². The van der Waals surface area contributed by atoms with Crippen LogP contribution in [-0.2, 0) is 6.42 Å². The third-order valence-corrected chi connectivity index (χ3v) is 5.03. The van der Waals surface area contributed by atoms with Crippen molar-refractivity contribution in [2.75, 3.05) is 10.2 Å². The minimum Gasteiger partial charge on any atom is -0.508 e. The zero-order valence-electron chi connectivity index (χ0n) is 14.6. The summed E-state index contributed by atoms with van der Waals surface area (Å²) in [5, 5.41) is 13.2. The second-order valence-corrected chi connectivity index (χ2v) is 6.90. The summed E-state index contributed by atoms with van der Waals surface area (Å²) in [6.45, 7) is 0. The predicted molar refractivity (Wildman–Crippen MR) is 103 cm³/mol. The highest BCUT2D eigenvalue weighted by atomic mass is 16.3. The maximum Gasteiger partial charge on any atom is 0.259 e. The molecule has 0 spiro atoms. The molecule has 1 fully saturated rings. The molecular formula is C21H18N4O2. The molecule has 6 nitrogen and oxygen atoms in total. The van der Waals surface area contributed by atoms with Gasteiger partial charge in [-0.05, 0) is 48.2 Å². The van der Waals surface area contributed by atoms with Crippen LogP contribution in [0, 0.1) is 0 Å². The van der Waals surface area contributed by atoms with E-state index in [1.807, 2.05) is 18.2 Å². The zero-order valence-corrected chi connectivity index (χ0v) is 14.6. The first-order valence-electron chi connectivity index (χ1n) is 9.03. The van der Waals surface area contributed by atoms with Crippen molar-refractivity contribution in [2.24, 2.45) is 0 Å². The number of hydrogen-bond acceptors (Lipinski definition) is 5. The number of anilines is 3. The van der Waals surface area contributed by atoms with Crippen molar-refractivity contribution < 1.29 is 9.90 Å². The lowest BCUT2D eigenvalue weighted by Gasteiger charge is -2.24. The Morgan fingerprint density at radius 2 is 1.81 bits per heavy atom. The Bertz CT molecular complexity index is 1050. The molecule has 3 heterocycles. The molecule has 134 valence electrons. The van der Waals surface area contributed by atoms with Crippen molar-refractivity contribution in [2.45, 2.75) is 25.3 Å². The summed E-state index contributed by atoms with van der Waals surface area (Å²) in [7, 11) is 0. The quantitative estimate of drug-likeness (QED) is 0.747. The molecule has 1 aliphatic heterocycles. The third kappa shape index (κ3) is 2.70. The Morgan fingerprint density at radius 3 is 2.63 bits per heavy atom. The van der Waals surface area contributed by atoms with Gasteiger partial charge in [-0.15, -0.1) is 0 Å². The van der Waals surface area contributed by atoms with Crippen LogP contribution in [0.2, 0.25) is 0 Å². The molecule has 0 unspecified atom stereocenters. The Kier molecular flexibility index (Phi) is 3.57. The monoisotopic (exact) mass is 358 g/mol. The summed E-state index contributed by atoms with van der Waals surface area (Å²) in [6.07, 6.45) is 6.06. The maximum atomic E-state index is 12.9. The number of para-hydroxylation sites is 1. The van der Waals surface area contributed by atoms with Crippen LogP contribution in [0.1, 0.15) is 34.3 Å². The van der Waals surface area contributed by atoms with Gasteiger partial charge in [0.05, 0.1) is 11.3 Å². The van der Waals surface area contributed by atoms with E-state index in [0.29, 0.717) is 29.5 Å². The highest BCUT2D eigenvalue weighted by Crippen LogP contribution is 2.44. The normalized spacial score (nSPS) is 15.6. The van der Waals surface area contributed by atoms with Gasteiger partial charge in [-0.2, -0.15) is 0 Å². The van der Waals surface area contributed by atoms with E-state index < -0.39 is 0 Å². The summed E-state index contributed by atoms with van der Waals surface area (Å²) in [6, 6.07) is 13.0. The molecule has 3 aromatic rings. The van der Waals surface area contributed by atoms with Crippen LogP contribution in [0.5, 0.6) is 5.75 Å². The Balaban J connectivity index is 1.66. The molecule has 0 saturated heterocycles. The molecule has 2 aliphatic rings. The standard InChI is InChI=1S/C21H18N4O2/c26-17-6-2-1-4-13(17)12-14-9-11-23-20-18(14)24-21(27)16-5-3-10-22-19(16)25(20)15-7-8-15/h1-6,9-11,15,26H,7-8,12H2,(H,24,27). The Hall–Kier alpha value is -3.41. The highest BCUT2D eigenvalue weighted by molar-refractivity contribution is 6.12. The summed E-state index contributed by atoms with van der Waals surface area (Å²) in [5.74, 6) is 1.43. The second kappa shape index (κ2) is 6.09. The van der Waals surface area contributed by atoms with Gasteiger partial charge >= 0.3 is 0 Å². The SMILES string of the molecule is O=C1Nc2c(Cc3ccccc3O)ccnc2N(C2CC2)c2ncccc21. The molecule has 27 heavy (non-hydrogen) atoms. The summed E-state index contributed by atoms with van der Waals surface area (Å²) in [5.41, 5.74) is 2.96. The van der Waals surface area contributed by atoms with Gasteiger partial charge in [0, 0.05) is 24.9 Å². The van der Waals surface area contributed by atoms with E-state index in [1.54, 1.807) is 36.7 Å². The zero-order chi connectivity index (χ0) is 18.4. The molecule has 2 N–H and O–H groups in total. The third-order valence-electron chi connectivity index (χ3n) is 5.03. The average molecular weight is 358 g/mol. The highest BCUT2D eigenvalue weighted by Gasteiger charge is 2.38. The first-order valence-corrected chi connectivity index (χ1v) is 9.03. The van der Waals surface area contributed by atoms with Gasteiger partial charge in [-0.25, -0.2) is 9.97 Å². The van der Waals surface area contributed by atoms with E-state index in [2.05, 4.69) is 20.2 Å². The van der Waals surface area contributed by atoms with Crippen LogP contribution in [0.3, 0.4) is 0 Å². The molecule has 0 radical (unpaired) electrons. The van der Waals surface area contributed by atoms with E-state index in [4.69, 9.17) is 0 Å². The van der Waals surface area contributed by atoms with Gasteiger partial charge in [0.1, 0.15) is 11.6 Å². The van der Waals surface area contributed by atoms with E-state index in [9.17, 15) is 9.90 Å². The van der Waals surface area contributed by atoms with Crippen LogP contribution in [0.15, 0.2) is 54.9 Å². The fourth-order valence-electron chi connectivity index (χ4n) is 3.55. The molecule has 2 aromatic heterocycles. The first-order chi connectivity index (χ1) is 13.2. The van der Waals surface area contributed by atoms with Crippen molar-refractivity contribution in [3.63, 3.8) is 0 Å². The number of pyridine rings is 2. The molecule has 0 bridgehead atoms. The predicted octanol–water partition coefficient (Wildman–Crippen LogP) is 3.64. The summed E-state index contributed by atoms with van der Waals surface area (Å²) in [4.78, 5) is 24.0. The smallest absolute Gasteiger partial charge is 0.259 e. The van der Waals surface area contributed by atoms with Gasteiger partial charge in [-0.3, -0.25) is 4.79 Å². The molecule has 6 heteroatoms. The average Bonchev–Trinajstić information content (AvgIpc) is 3.51. The first kappa shape index (κ1) is 15.8. The molecular weight excluding hydrogens is 340 g/mol. The molecule has 0 atom stereocenters. The topological polar surface area (TPSA) is 78.3 Å². The maximum absolute atomic E-state index is 12.9. The number of fused-ring (bicyclic) bond motifs is 2. The lowest BCUT2D eigenvalue weighted by atomic mass is 10.0. The number of nitrogens with one attached hydrogen (secondary N) is 1. The summed E-state index contributed by atoms with van der Waals surface area (Å²) < 4.78 is 0. The lowest BCUT2D eigenvalue weighted by molar-refractivity contribution is 0.102. The number of benzene rings is 1. The fourth-order valence-corrected chi connectivity index (χ4v) is 3.55. The number of hydrogen-bond donors (Lipinski definition) is 2. The lowest BCUT2D eigenvalue weighted by Crippen LogP contribution is -2.22. The molecule has 1 aliphatic carbocycles. The van der Waals surface area contributed by atoms with Crippen LogP contribution < -0.4 is 10.2 Å².